The monoisotopic (exact) mass is 144 g/mol. The molecule has 0 bridgehead atoms. The maximum Gasteiger partial charge on any atom is 0.0991 e. The van der Waals surface area contributed by atoms with Crippen LogP contribution < -0.4 is 0 Å². The van der Waals surface area contributed by atoms with Gasteiger partial charge in [0.1, 0.15) is 0 Å². The molecule has 11 heavy (non-hydrogen) atoms. The van der Waals surface area contributed by atoms with Gasteiger partial charge in [-0.3, -0.25) is 0 Å². The van der Waals surface area contributed by atoms with Gasteiger partial charge in [0, 0.05) is 6.57 Å². The second kappa shape index (κ2) is 5.02. The van der Waals surface area contributed by atoms with Gasteiger partial charge in [-0.15, -0.1) is 0 Å². The number of benzene rings is 1. The second-order valence-corrected chi connectivity index (χ2v) is 1.98. The first-order valence-electron chi connectivity index (χ1n) is 3.05. The molecule has 0 aliphatic rings. The van der Waals surface area contributed by atoms with E-state index in [1.807, 2.05) is 31.2 Å². The van der Waals surface area contributed by atoms with Crippen molar-refractivity contribution in [2.75, 3.05) is 0 Å². The van der Waals surface area contributed by atoms with Gasteiger partial charge in [-0.2, -0.15) is 5.26 Å². The third kappa shape index (κ3) is 3.03. The van der Waals surface area contributed by atoms with Crippen LogP contribution in [-0.4, -0.2) is 0 Å². The van der Waals surface area contributed by atoms with Crippen LogP contribution >= 0.6 is 0 Å². The molecule has 2 heteroatoms. The molecule has 54 valence electrons. The van der Waals surface area contributed by atoms with E-state index in [1.165, 1.54) is 5.56 Å². The Bertz CT molecular complexity index is 264. The second-order valence-electron chi connectivity index (χ2n) is 1.98. The molecule has 0 saturated heterocycles. The Labute approximate surface area is 66.3 Å². The van der Waals surface area contributed by atoms with Crippen molar-refractivity contribution in [2.45, 2.75) is 6.92 Å². The normalized spacial score (nSPS) is 7.09. The Morgan fingerprint density at radius 1 is 1.18 bits per heavy atom. The highest BCUT2D eigenvalue weighted by atomic mass is 14.2. The van der Waals surface area contributed by atoms with Crippen molar-refractivity contribution in [2.24, 2.45) is 0 Å². The summed E-state index contributed by atoms with van der Waals surface area (Å²) < 4.78 is 0. The summed E-state index contributed by atoms with van der Waals surface area (Å²) in [6.07, 6.45) is 0. The molecular weight excluding hydrogens is 136 g/mol. The molecule has 0 atom stereocenters. The first-order chi connectivity index (χ1) is 5.33. The largest absolute Gasteiger partial charge is 0.202 e. The van der Waals surface area contributed by atoms with Crippen LogP contribution in [0.2, 0.25) is 0 Å². The van der Waals surface area contributed by atoms with Crippen molar-refractivity contribution in [1.29, 1.82) is 10.5 Å². The number of hydrogen-bond acceptors (Lipinski definition) is 2. The number of nitriles is 2. The molecule has 0 fully saturated rings. The van der Waals surface area contributed by atoms with E-state index in [0.29, 0.717) is 0 Å². The fourth-order valence-corrected chi connectivity index (χ4v) is 0.628. The van der Waals surface area contributed by atoms with Crippen LogP contribution in [0.3, 0.4) is 0 Å². The first kappa shape index (κ1) is 9.20. The molecule has 0 N–H and O–H groups in total. The van der Waals surface area contributed by atoms with E-state index >= 15 is 0 Å². The summed E-state index contributed by atoms with van der Waals surface area (Å²) in [4.78, 5) is 0. The predicted octanol–water partition coefficient (Wildman–Crippen LogP) is 2.01. The van der Waals surface area contributed by atoms with E-state index in [9.17, 15) is 0 Å². The Hall–Kier alpha value is -1.80. The van der Waals surface area contributed by atoms with Gasteiger partial charge in [0.2, 0.25) is 0 Å². The summed E-state index contributed by atoms with van der Waals surface area (Å²) in [6, 6.07) is 9.54. The highest BCUT2D eigenvalue weighted by molar-refractivity contribution is 5.30. The van der Waals surface area contributed by atoms with Gasteiger partial charge in [-0.05, 0) is 19.1 Å². The lowest BCUT2D eigenvalue weighted by atomic mass is 10.2. The number of rotatable bonds is 0. The molecule has 0 heterocycles. The van der Waals surface area contributed by atoms with E-state index in [1.54, 1.807) is 0 Å². The van der Waals surface area contributed by atoms with Crippen molar-refractivity contribution in [3.05, 3.63) is 35.4 Å². The molecule has 1 aromatic rings. The number of nitrogens with zero attached hydrogens (tertiary/aromatic N) is 2. The van der Waals surface area contributed by atoms with Crippen molar-refractivity contribution < 1.29 is 0 Å². The summed E-state index contributed by atoms with van der Waals surface area (Å²) in [5.74, 6) is 0. The van der Waals surface area contributed by atoms with Gasteiger partial charge >= 0.3 is 0 Å². The highest BCUT2D eigenvalue weighted by Crippen LogP contribution is 1.99. The van der Waals surface area contributed by atoms with Crippen LogP contribution in [0, 0.1) is 30.1 Å². The van der Waals surface area contributed by atoms with Gasteiger partial charge in [0.15, 0.2) is 0 Å². The molecule has 0 spiro atoms. The van der Waals surface area contributed by atoms with Crippen LogP contribution in [0.1, 0.15) is 11.1 Å². The number of aryl methyl sites for hydroxylation is 1. The van der Waals surface area contributed by atoms with Crippen molar-refractivity contribution >= 4 is 0 Å². The van der Waals surface area contributed by atoms with Crippen LogP contribution in [0.5, 0.6) is 0 Å². The van der Waals surface area contributed by atoms with Gasteiger partial charge in [-0.1, -0.05) is 17.7 Å². The van der Waals surface area contributed by atoms with E-state index in [0.717, 1.165) is 5.56 Å². The van der Waals surface area contributed by atoms with E-state index in [4.69, 9.17) is 10.5 Å². The Morgan fingerprint density at radius 2 is 1.64 bits per heavy atom. The minimum absolute atomic E-state index is 0.723. The zero-order chi connectivity index (χ0) is 8.69. The molecule has 2 nitrogen and oxygen atoms in total. The van der Waals surface area contributed by atoms with E-state index in [-0.39, 0.29) is 0 Å². The van der Waals surface area contributed by atoms with Crippen molar-refractivity contribution in [1.82, 2.24) is 0 Å². The summed E-state index contributed by atoms with van der Waals surface area (Å²) in [5, 5.41) is 14.9. The van der Waals surface area contributed by atoms with Gasteiger partial charge in [0.05, 0.1) is 11.6 Å². The minimum Gasteiger partial charge on any atom is -0.202 e. The zero-order valence-electron chi connectivity index (χ0n) is 6.28. The minimum atomic E-state index is 0.723. The lowest BCUT2D eigenvalue weighted by Gasteiger charge is -1.88. The lowest BCUT2D eigenvalue weighted by molar-refractivity contribution is 1.43. The van der Waals surface area contributed by atoms with Crippen LogP contribution in [-0.2, 0) is 0 Å². The summed E-state index contributed by atoms with van der Waals surface area (Å²) in [5.41, 5.74) is 1.91. The number of hydrogen-bond donors (Lipinski definition) is 0. The first-order valence-corrected chi connectivity index (χ1v) is 3.05. The SMILES string of the molecule is C#N.Cc1ccc(C#N)cc1. The molecule has 0 saturated carbocycles. The molecule has 0 aromatic heterocycles. The van der Waals surface area contributed by atoms with Crippen molar-refractivity contribution in [3.63, 3.8) is 0 Å². The van der Waals surface area contributed by atoms with Gasteiger partial charge < -0.3 is 0 Å². The quantitative estimate of drug-likeness (QED) is 0.559. The molecule has 1 rings (SSSR count). The Balaban J connectivity index is 0.000000461. The average molecular weight is 144 g/mol. The average Bonchev–Trinajstić information content (AvgIpc) is 2.10. The zero-order valence-corrected chi connectivity index (χ0v) is 6.28. The Morgan fingerprint density at radius 3 is 2.00 bits per heavy atom. The van der Waals surface area contributed by atoms with Gasteiger partial charge in [-0.25, -0.2) is 5.26 Å². The summed E-state index contributed by atoms with van der Waals surface area (Å²) >= 11 is 0. The van der Waals surface area contributed by atoms with Gasteiger partial charge in [0.25, 0.3) is 0 Å². The molecule has 0 aliphatic heterocycles. The fourth-order valence-electron chi connectivity index (χ4n) is 0.628. The molecule has 1 aromatic carbocycles. The summed E-state index contributed by atoms with van der Waals surface area (Å²) in [7, 11) is 0. The smallest absolute Gasteiger partial charge is 0.0991 e. The molecule has 0 amide bonds. The molecule has 0 radical (unpaired) electrons. The Kier molecular flexibility index (Phi) is 4.20. The third-order valence-corrected chi connectivity index (χ3v) is 1.18. The summed E-state index contributed by atoms with van der Waals surface area (Å²) in [6.45, 7) is 5.50. The molecular formula is C9H8N2. The third-order valence-electron chi connectivity index (χ3n) is 1.18. The predicted molar refractivity (Wildman–Crippen MR) is 42.6 cm³/mol. The van der Waals surface area contributed by atoms with Crippen molar-refractivity contribution in [3.8, 4) is 12.6 Å². The van der Waals surface area contributed by atoms with Crippen LogP contribution in [0.25, 0.3) is 0 Å². The maximum absolute atomic E-state index is 8.38. The van der Waals surface area contributed by atoms with E-state index in [2.05, 4.69) is 12.6 Å². The van der Waals surface area contributed by atoms with Crippen LogP contribution in [0.15, 0.2) is 24.3 Å². The topological polar surface area (TPSA) is 47.6 Å². The van der Waals surface area contributed by atoms with Crippen LogP contribution in [0.4, 0.5) is 0 Å². The highest BCUT2D eigenvalue weighted by Gasteiger charge is 1.84. The standard InChI is InChI=1S/C8H7N.CHN/c1-7-2-4-8(6-9)5-3-7;1-2/h2-5H,1H3;1H. The molecule has 0 unspecified atom stereocenters. The molecule has 0 aliphatic carbocycles. The maximum atomic E-state index is 8.38. The fraction of sp³-hybridized carbons (Fsp3) is 0.111. The van der Waals surface area contributed by atoms with E-state index < -0.39 is 0 Å². The lowest BCUT2D eigenvalue weighted by Crippen LogP contribution is -1.72.